The molecule has 3 heterocycles. The standard InChI is InChI=1S/C27H36N4O4S/c1-29(2)19-7-9-20(10-8-19)35-25-12-11-21(36(32,33)31-15-5-6-16-31)17-23(25)24-18-30(3)26-22(24)13-14-28-27(26)34-4/h11-14,17-20H,5-10,15-16H2,1-4H3. The molecule has 9 heteroatoms. The van der Waals surface area contributed by atoms with Crippen LogP contribution in [-0.2, 0) is 17.1 Å². The third-order valence-electron chi connectivity index (χ3n) is 7.66. The van der Waals surface area contributed by atoms with Crippen LogP contribution >= 0.6 is 0 Å². The Balaban J connectivity index is 1.58. The largest absolute Gasteiger partial charge is 0.490 e. The van der Waals surface area contributed by atoms with E-state index in [-0.39, 0.29) is 6.10 Å². The molecule has 0 spiro atoms. The number of benzene rings is 1. The number of nitrogens with zero attached hydrogens (tertiary/aromatic N) is 4. The lowest BCUT2D eigenvalue weighted by Crippen LogP contribution is -2.35. The third-order valence-corrected chi connectivity index (χ3v) is 9.56. The number of fused-ring (bicyclic) bond motifs is 1. The molecule has 2 aliphatic rings. The van der Waals surface area contributed by atoms with Crippen LogP contribution in [0.1, 0.15) is 38.5 Å². The molecule has 8 nitrogen and oxygen atoms in total. The van der Waals surface area contributed by atoms with E-state index in [1.165, 1.54) is 0 Å². The van der Waals surface area contributed by atoms with Crippen molar-refractivity contribution in [3.8, 4) is 22.8 Å². The van der Waals surface area contributed by atoms with Crippen molar-refractivity contribution in [3.05, 3.63) is 36.7 Å². The minimum absolute atomic E-state index is 0.104. The Labute approximate surface area is 213 Å². The smallest absolute Gasteiger partial charge is 0.243 e. The molecule has 1 aromatic carbocycles. The maximum atomic E-state index is 13.4. The molecule has 0 bridgehead atoms. The van der Waals surface area contributed by atoms with Crippen LogP contribution in [0.3, 0.4) is 0 Å². The van der Waals surface area contributed by atoms with Crippen LogP contribution in [0.25, 0.3) is 22.0 Å². The van der Waals surface area contributed by atoms with Crippen LogP contribution in [0.15, 0.2) is 41.6 Å². The monoisotopic (exact) mass is 512 g/mol. The molecule has 2 fully saturated rings. The molecule has 0 amide bonds. The van der Waals surface area contributed by atoms with E-state index >= 15 is 0 Å². The van der Waals surface area contributed by atoms with Crippen molar-refractivity contribution in [2.24, 2.45) is 7.05 Å². The van der Waals surface area contributed by atoms with E-state index in [2.05, 4.69) is 24.0 Å². The molecule has 1 saturated heterocycles. The maximum Gasteiger partial charge on any atom is 0.243 e. The highest BCUT2D eigenvalue weighted by molar-refractivity contribution is 7.89. The zero-order valence-electron chi connectivity index (χ0n) is 21.6. The first kappa shape index (κ1) is 25.0. The van der Waals surface area contributed by atoms with Gasteiger partial charge in [0.05, 0.1) is 18.1 Å². The van der Waals surface area contributed by atoms with Crippen LogP contribution < -0.4 is 9.47 Å². The van der Waals surface area contributed by atoms with Gasteiger partial charge in [-0.05, 0) is 76.9 Å². The highest BCUT2D eigenvalue weighted by Gasteiger charge is 2.30. The third kappa shape index (κ3) is 4.60. The van der Waals surface area contributed by atoms with Gasteiger partial charge in [0.15, 0.2) is 0 Å². The van der Waals surface area contributed by atoms with E-state index in [1.54, 1.807) is 29.7 Å². The van der Waals surface area contributed by atoms with E-state index in [0.29, 0.717) is 35.7 Å². The van der Waals surface area contributed by atoms with Gasteiger partial charge in [0, 0.05) is 55.1 Å². The molecule has 1 aliphatic carbocycles. The fourth-order valence-electron chi connectivity index (χ4n) is 5.60. The summed E-state index contributed by atoms with van der Waals surface area (Å²) in [5, 5.41) is 0.946. The number of sulfonamides is 1. The van der Waals surface area contributed by atoms with E-state index in [0.717, 1.165) is 60.6 Å². The van der Waals surface area contributed by atoms with Gasteiger partial charge < -0.3 is 18.9 Å². The number of hydrogen-bond acceptors (Lipinski definition) is 6. The summed E-state index contributed by atoms with van der Waals surface area (Å²) >= 11 is 0. The number of pyridine rings is 1. The van der Waals surface area contributed by atoms with Gasteiger partial charge in [-0.25, -0.2) is 13.4 Å². The molecule has 194 valence electrons. The summed E-state index contributed by atoms with van der Waals surface area (Å²) in [6, 6.07) is 7.85. The van der Waals surface area contributed by atoms with Crippen LogP contribution in [0.4, 0.5) is 0 Å². The fraction of sp³-hybridized carbons (Fsp3) is 0.519. The van der Waals surface area contributed by atoms with Gasteiger partial charge in [-0.3, -0.25) is 0 Å². The lowest BCUT2D eigenvalue weighted by atomic mass is 9.92. The Kier molecular flexibility index (Phi) is 6.98. The normalized spacial score (nSPS) is 21.4. The van der Waals surface area contributed by atoms with Gasteiger partial charge in [0.25, 0.3) is 0 Å². The zero-order valence-corrected chi connectivity index (χ0v) is 22.4. The lowest BCUT2D eigenvalue weighted by molar-refractivity contribution is 0.111. The summed E-state index contributed by atoms with van der Waals surface area (Å²) in [5.41, 5.74) is 2.55. The number of methoxy groups -OCH3 is 1. The minimum atomic E-state index is -3.57. The highest BCUT2D eigenvalue weighted by Crippen LogP contribution is 2.41. The second-order valence-corrected chi connectivity index (χ2v) is 12.1. The van der Waals surface area contributed by atoms with Crippen LogP contribution in [0.2, 0.25) is 0 Å². The molecule has 2 aromatic heterocycles. The predicted octanol–water partition coefficient (Wildman–Crippen LogP) is 4.29. The van der Waals surface area contributed by atoms with Gasteiger partial charge in [0.2, 0.25) is 15.9 Å². The van der Waals surface area contributed by atoms with Gasteiger partial charge in [0.1, 0.15) is 11.3 Å². The molecule has 1 saturated carbocycles. The SMILES string of the molecule is COc1nccc2c(-c3cc(S(=O)(=O)N4CCCC4)ccc3OC3CCC(N(C)C)CC3)cn(C)c12. The molecule has 0 unspecified atom stereocenters. The molecule has 5 rings (SSSR count). The first-order valence-corrected chi connectivity index (χ1v) is 14.2. The van der Waals surface area contributed by atoms with Gasteiger partial charge in [-0.2, -0.15) is 4.31 Å². The quantitative estimate of drug-likeness (QED) is 0.470. The minimum Gasteiger partial charge on any atom is -0.490 e. The molecular weight excluding hydrogens is 476 g/mol. The zero-order chi connectivity index (χ0) is 25.4. The predicted molar refractivity (Wildman–Crippen MR) is 141 cm³/mol. The summed E-state index contributed by atoms with van der Waals surface area (Å²) in [7, 11) is 4.25. The number of rotatable bonds is 7. The summed E-state index contributed by atoms with van der Waals surface area (Å²) in [6.45, 7) is 1.14. The van der Waals surface area contributed by atoms with Gasteiger partial charge in [-0.1, -0.05) is 0 Å². The van der Waals surface area contributed by atoms with Crippen LogP contribution in [0, 0.1) is 0 Å². The second kappa shape index (κ2) is 10.0. The van der Waals surface area contributed by atoms with Gasteiger partial charge in [-0.15, -0.1) is 0 Å². The van der Waals surface area contributed by atoms with Crippen molar-refractivity contribution >= 4 is 20.9 Å². The lowest BCUT2D eigenvalue weighted by Gasteiger charge is -2.33. The highest BCUT2D eigenvalue weighted by atomic mass is 32.2. The number of hydrogen-bond donors (Lipinski definition) is 0. The number of aryl methyl sites for hydroxylation is 1. The molecule has 0 atom stereocenters. The first-order chi connectivity index (χ1) is 17.3. The number of ether oxygens (including phenoxy) is 2. The molecule has 1 aliphatic heterocycles. The van der Waals surface area contributed by atoms with E-state index in [9.17, 15) is 8.42 Å². The molecule has 3 aromatic rings. The second-order valence-electron chi connectivity index (χ2n) is 10.2. The molecule has 0 N–H and O–H groups in total. The number of aromatic nitrogens is 2. The summed E-state index contributed by atoms with van der Waals surface area (Å²) in [5.74, 6) is 1.25. The van der Waals surface area contributed by atoms with Crippen molar-refractivity contribution in [1.29, 1.82) is 0 Å². The van der Waals surface area contributed by atoms with E-state index < -0.39 is 10.0 Å². The van der Waals surface area contributed by atoms with Crippen molar-refractivity contribution in [2.45, 2.75) is 55.6 Å². The Morgan fingerprint density at radius 1 is 1.03 bits per heavy atom. The van der Waals surface area contributed by atoms with Crippen molar-refractivity contribution in [3.63, 3.8) is 0 Å². The average Bonchev–Trinajstić information content (AvgIpc) is 3.54. The first-order valence-electron chi connectivity index (χ1n) is 12.7. The average molecular weight is 513 g/mol. The Bertz CT molecular complexity index is 1340. The Morgan fingerprint density at radius 3 is 2.42 bits per heavy atom. The summed E-state index contributed by atoms with van der Waals surface area (Å²) in [4.78, 5) is 6.95. The van der Waals surface area contributed by atoms with Gasteiger partial charge >= 0.3 is 0 Å². The fourth-order valence-corrected chi connectivity index (χ4v) is 7.15. The summed E-state index contributed by atoms with van der Waals surface area (Å²) in [6.07, 6.45) is 9.76. The van der Waals surface area contributed by atoms with E-state index in [4.69, 9.17) is 9.47 Å². The Hall–Kier alpha value is -2.62. The van der Waals surface area contributed by atoms with E-state index in [1.807, 2.05) is 29.9 Å². The Morgan fingerprint density at radius 2 is 1.75 bits per heavy atom. The van der Waals surface area contributed by atoms with Crippen molar-refractivity contribution in [1.82, 2.24) is 18.8 Å². The van der Waals surface area contributed by atoms with Crippen LogP contribution in [-0.4, -0.2) is 73.6 Å². The van der Waals surface area contributed by atoms with Crippen molar-refractivity contribution in [2.75, 3.05) is 34.3 Å². The summed E-state index contributed by atoms with van der Waals surface area (Å²) < 4.78 is 42.5. The van der Waals surface area contributed by atoms with Crippen molar-refractivity contribution < 1.29 is 17.9 Å². The molecule has 0 radical (unpaired) electrons. The molecule has 36 heavy (non-hydrogen) atoms. The topological polar surface area (TPSA) is 76.9 Å². The van der Waals surface area contributed by atoms with Crippen LogP contribution in [0.5, 0.6) is 11.6 Å². The maximum absolute atomic E-state index is 13.4. The molecular formula is C27H36N4O4S.